The van der Waals surface area contributed by atoms with Crippen LogP contribution in [0.3, 0.4) is 0 Å². The van der Waals surface area contributed by atoms with Crippen molar-refractivity contribution in [1.29, 1.82) is 0 Å². The van der Waals surface area contributed by atoms with Crippen molar-refractivity contribution in [1.82, 2.24) is 37.0 Å². The molecule has 3 aliphatic heterocycles. The Kier molecular flexibility index (Phi) is 8.94. The molecule has 5 fully saturated rings. The molecule has 1 amide bonds. The van der Waals surface area contributed by atoms with Crippen LogP contribution in [-0.4, -0.2) is 94.0 Å². The Balaban J connectivity index is 1.07. The van der Waals surface area contributed by atoms with Gasteiger partial charge >= 0.3 is 0 Å². The molecule has 5 aliphatic rings. The quantitative estimate of drug-likeness (QED) is 0.288. The van der Waals surface area contributed by atoms with Gasteiger partial charge in [0.05, 0.1) is 24.5 Å². The van der Waals surface area contributed by atoms with E-state index < -0.39 is 0 Å². The lowest BCUT2D eigenvalue weighted by Gasteiger charge is -2.44. The first-order valence-corrected chi connectivity index (χ1v) is 14.0. The third kappa shape index (κ3) is 6.18. The Labute approximate surface area is 210 Å². The van der Waals surface area contributed by atoms with Crippen molar-refractivity contribution in [3.05, 3.63) is 0 Å². The van der Waals surface area contributed by atoms with Crippen molar-refractivity contribution >= 4 is 5.91 Å². The van der Waals surface area contributed by atoms with E-state index in [-0.39, 0.29) is 36.3 Å². The summed E-state index contributed by atoms with van der Waals surface area (Å²) in [6.07, 6.45) is 10.4. The van der Waals surface area contributed by atoms with Crippen molar-refractivity contribution < 1.29 is 14.3 Å². The van der Waals surface area contributed by atoms with Crippen molar-refractivity contribution in [3.63, 3.8) is 0 Å². The van der Waals surface area contributed by atoms with Crippen molar-refractivity contribution in [2.75, 3.05) is 40.5 Å². The number of amides is 1. The lowest BCUT2D eigenvalue weighted by molar-refractivity contribution is -0.132. The van der Waals surface area contributed by atoms with Crippen LogP contribution < -0.4 is 32.1 Å². The largest absolute Gasteiger partial charge is 0.381 e. The molecule has 0 spiro atoms. The Morgan fingerprint density at radius 2 is 2.03 bits per heavy atom. The van der Waals surface area contributed by atoms with E-state index in [1.165, 1.54) is 0 Å². The normalized spacial score (nSPS) is 43.0. The van der Waals surface area contributed by atoms with Crippen molar-refractivity contribution in [2.24, 2.45) is 11.8 Å². The molecule has 0 aromatic heterocycles. The molecular weight excluding hydrogens is 446 g/mol. The topological polar surface area (TPSA) is 111 Å². The van der Waals surface area contributed by atoms with Crippen molar-refractivity contribution in [3.8, 4) is 0 Å². The molecule has 200 valence electrons. The lowest BCUT2D eigenvalue weighted by atomic mass is 9.77. The van der Waals surface area contributed by atoms with Crippen LogP contribution in [-0.2, 0) is 14.3 Å². The Morgan fingerprint density at radius 1 is 1.11 bits per heavy atom. The first-order valence-electron chi connectivity index (χ1n) is 14.0. The molecule has 3 heterocycles. The van der Waals surface area contributed by atoms with Gasteiger partial charge < -0.3 is 25.4 Å². The standard InChI is InChI=1S/C25H47N7O3/c1-32-23(30-31-24(32)21-8-10-26-15-28-21)14-27-17-5-3-4-16(12-17)25(33)29-20-9-11-35-22-13-18(34-2)6-7-19(20)22/h16-24,26-28,30-31H,3-15H2,1-2H3,(H,29,33)/t16?,17?,18?,19?,20-,21?,22?,23?,24?/m0/s1. The SMILES string of the molecule is COC1CCC2C(C1)OCC[C@@H]2NC(=O)C1CCCC(NCC2NNC(C3CCNCN3)N2C)C1. The fourth-order valence-corrected chi connectivity index (χ4v) is 6.99. The van der Waals surface area contributed by atoms with E-state index in [1.807, 2.05) is 0 Å². The number of hydrogen-bond acceptors (Lipinski definition) is 9. The van der Waals surface area contributed by atoms with Crippen LogP contribution in [0, 0.1) is 11.8 Å². The molecule has 5 rings (SSSR count). The Hall–Kier alpha value is -0.850. The van der Waals surface area contributed by atoms with Gasteiger partial charge in [-0.1, -0.05) is 6.42 Å². The molecule has 2 saturated carbocycles. The van der Waals surface area contributed by atoms with Crippen LogP contribution in [0.1, 0.15) is 57.8 Å². The van der Waals surface area contributed by atoms with Gasteiger partial charge in [0.1, 0.15) is 0 Å². The zero-order chi connectivity index (χ0) is 24.2. The highest BCUT2D eigenvalue weighted by Crippen LogP contribution is 2.35. The summed E-state index contributed by atoms with van der Waals surface area (Å²) in [7, 11) is 3.98. The van der Waals surface area contributed by atoms with Crippen LogP contribution in [0.2, 0.25) is 0 Å². The third-order valence-corrected chi connectivity index (χ3v) is 9.21. The van der Waals surface area contributed by atoms with Gasteiger partial charge in [-0.05, 0) is 58.5 Å². The summed E-state index contributed by atoms with van der Waals surface area (Å²) in [4.78, 5) is 15.7. The second-order valence-corrected chi connectivity index (χ2v) is 11.3. The van der Waals surface area contributed by atoms with Gasteiger partial charge in [0.25, 0.3) is 0 Å². The number of carbonyl (C=O) groups is 1. The highest BCUT2D eigenvalue weighted by Gasteiger charge is 2.41. The maximum atomic E-state index is 13.3. The summed E-state index contributed by atoms with van der Waals surface area (Å²) in [5, 5.41) is 14.1. The summed E-state index contributed by atoms with van der Waals surface area (Å²) in [6, 6.07) is 1.08. The second kappa shape index (κ2) is 12.1. The maximum absolute atomic E-state index is 13.3. The van der Waals surface area contributed by atoms with Crippen LogP contribution >= 0.6 is 0 Å². The van der Waals surface area contributed by atoms with E-state index >= 15 is 0 Å². The van der Waals surface area contributed by atoms with Crippen LogP contribution in [0.25, 0.3) is 0 Å². The predicted molar refractivity (Wildman–Crippen MR) is 134 cm³/mol. The summed E-state index contributed by atoms with van der Waals surface area (Å²) in [5.74, 6) is 0.790. The summed E-state index contributed by atoms with van der Waals surface area (Å²) in [6.45, 7) is 3.53. The first kappa shape index (κ1) is 25.8. The van der Waals surface area contributed by atoms with E-state index in [0.717, 1.165) is 84.2 Å². The van der Waals surface area contributed by atoms with Crippen molar-refractivity contribution in [2.45, 2.75) is 100 Å². The monoisotopic (exact) mass is 493 g/mol. The fraction of sp³-hybridized carbons (Fsp3) is 0.960. The summed E-state index contributed by atoms with van der Waals surface area (Å²) < 4.78 is 11.6. The number of carbonyl (C=O) groups excluding carboxylic acids is 1. The number of ether oxygens (including phenoxy) is 2. The molecule has 0 aromatic carbocycles. The Morgan fingerprint density at radius 3 is 2.86 bits per heavy atom. The predicted octanol–water partition coefficient (Wildman–Crippen LogP) is -0.176. The minimum absolute atomic E-state index is 0.108. The molecule has 9 atom stereocenters. The number of nitrogens with zero attached hydrogens (tertiary/aromatic N) is 1. The molecular formula is C25H47N7O3. The smallest absolute Gasteiger partial charge is 0.223 e. The zero-order valence-corrected chi connectivity index (χ0v) is 21.6. The number of likely N-dealkylation sites (N-methyl/N-ethyl adjacent to an activating group) is 1. The molecule has 2 aliphatic carbocycles. The van der Waals surface area contributed by atoms with Gasteiger partial charge in [0.2, 0.25) is 5.91 Å². The van der Waals surface area contributed by atoms with E-state index in [1.54, 1.807) is 7.11 Å². The minimum Gasteiger partial charge on any atom is -0.381 e. The first-order chi connectivity index (χ1) is 17.1. The zero-order valence-electron chi connectivity index (χ0n) is 21.6. The molecule has 35 heavy (non-hydrogen) atoms. The molecule has 3 saturated heterocycles. The number of hydrogen-bond donors (Lipinski definition) is 6. The van der Waals surface area contributed by atoms with Gasteiger partial charge in [-0.25, -0.2) is 10.9 Å². The molecule has 10 nitrogen and oxygen atoms in total. The van der Waals surface area contributed by atoms with E-state index in [9.17, 15) is 4.79 Å². The van der Waals surface area contributed by atoms with E-state index in [0.29, 0.717) is 24.1 Å². The number of nitrogens with one attached hydrogen (secondary N) is 6. The van der Waals surface area contributed by atoms with Crippen LogP contribution in [0.4, 0.5) is 0 Å². The summed E-state index contributed by atoms with van der Waals surface area (Å²) >= 11 is 0. The van der Waals surface area contributed by atoms with Gasteiger partial charge in [0, 0.05) is 63.3 Å². The van der Waals surface area contributed by atoms with Gasteiger partial charge in [0.15, 0.2) is 0 Å². The molecule has 0 radical (unpaired) electrons. The van der Waals surface area contributed by atoms with Gasteiger partial charge in [-0.3, -0.25) is 15.0 Å². The fourth-order valence-electron chi connectivity index (χ4n) is 6.99. The highest BCUT2D eigenvalue weighted by atomic mass is 16.5. The number of hydrazine groups is 1. The van der Waals surface area contributed by atoms with Gasteiger partial charge in [-0.15, -0.1) is 0 Å². The lowest BCUT2D eigenvalue weighted by Crippen LogP contribution is -2.58. The second-order valence-electron chi connectivity index (χ2n) is 11.3. The van der Waals surface area contributed by atoms with E-state index in [2.05, 4.69) is 44.1 Å². The van der Waals surface area contributed by atoms with Crippen LogP contribution in [0.5, 0.6) is 0 Å². The molecule has 6 N–H and O–H groups in total. The molecule has 10 heteroatoms. The van der Waals surface area contributed by atoms with Crippen LogP contribution in [0.15, 0.2) is 0 Å². The maximum Gasteiger partial charge on any atom is 0.223 e. The van der Waals surface area contributed by atoms with Gasteiger partial charge in [-0.2, -0.15) is 0 Å². The average Bonchev–Trinajstić information content (AvgIpc) is 3.28. The third-order valence-electron chi connectivity index (χ3n) is 9.21. The summed E-state index contributed by atoms with van der Waals surface area (Å²) in [5.41, 5.74) is 6.95. The molecule has 0 aromatic rings. The number of methoxy groups -OCH3 is 1. The number of rotatable bonds is 7. The molecule has 0 bridgehead atoms. The van der Waals surface area contributed by atoms with E-state index in [4.69, 9.17) is 9.47 Å². The minimum atomic E-state index is 0.108. The average molecular weight is 494 g/mol. The highest BCUT2D eigenvalue weighted by molar-refractivity contribution is 5.79. The molecule has 8 unspecified atom stereocenters. The number of fused-ring (bicyclic) bond motifs is 1. The Bertz CT molecular complexity index is 694.